The molecule has 1 atom stereocenters. The molecular formula is C21H14BrCl3F6N2OS. The topological polar surface area (TPSA) is 41.1 Å². The van der Waals surface area contributed by atoms with E-state index < -0.39 is 30.7 Å². The maximum absolute atomic E-state index is 13.7. The zero-order chi connectivity index (χ0) is 26.6. The molecule has 2 rings (SSSR count). The quantitative estimate of drug-likeness (QED) is 0.183. The number of alkyl halides is 6. The first-order valence-corrected chi connectivity index (χ1v) is 11.7. The maximum Gasteiger partial charge on any atom is 0.405 e. The Kier molecular flexibility index (Phi) is 10.3. The first kappa shape index (κ1) is 29.7. The van der Waals surface area contributed by atoms with Gasteiger partial charge in [0.25, 0.3) is 5.91 Å². The Morgan fingerprint density at radius 3 is 2.14 bits per heavy atom. The van der Waals surface area contributed by atoms with Gasteiger partial charge in [-0.3, -0.25) is 4.79 Å². The van der Waals surface area contributed by atoms with Crippen LogP contribution < -0.4 is 10.6 Å². The number of rotatable bonds is 7. The lowest BCUT2D eigenvalue weighted by molar-refractivity contribution is -0.139. The van der Waals surface area contributed by atoms with Crippen molar-refractivity contribution in [1.29, 1.82) is 0 Å². The second-order valence-electron chi connectivity index (χ2n) is 6.99. The molecule has 0 spiro atoms. The maximum atomic E-state index is 13.7. The second-order valence-corrected chi connectivity index (χ2v) is 9.53. The summed E-state index contributed by atoms with van der Waals surface area (Å²) in [6, 6.07) is 6.29. The summed E-state index contributed by atoms with van der Waals surface area (Å²) in [5.41, 5.74) is 0.221. The van der Waals surface area contributed by atoms with Crippen LogP contribution in [0.5, 0.6) is 0 Å². The van der Waals surface area contributed by atoms with Crippen LogP contribution in [0, 0.1) is 0 Å². The van der Waals surface area contributed by atoms with Gasteiger partial charge in [-0.2, -0.15) is 26.3 Å². The summed E-state index contributed by atoms with van der Waals surface area (Å²) < 4.78 is 77.9. The van der Waals surface area contributed by atoms with Crippen LogP contribution in [-0.4, -0.2) is 36.3 Å². The predicted molar refractivity (Wildman–Crippen MR) is 132 cm³/mol. The molecule has 0 aliphatic rings. The second kappa shape index (κ2) is 12.1. The lowest BCUT2D eigenvalue weighted by Gasteiger charge is -2.18. The van der Waals surface area contributed by atoms with Gasteiger partial charge >= 0.3 is 12.4 Å². The fourth-order valence-electron chi connectivity index (χ4n) is 2.71. The number of benzene rings is 2. The molecule has 0 heterocycles. The molecule has 2 aromatic rings. The Bertz CT molecular complexity index is 1120. The molecular weight excluding hydrogens is 629 g/mol. The van der Waals surface area contributed by atoms with Crippen molar-refractivity contribution < 1.29 is 31.1 Å². The summed E-state index contributed by atoms with van der Waals surface area (Å²) in [5, 5.41) is 4.03. The summed E-state index contributed by atoms with van der Waals surface area (Å²) >= 11 is 25.5. The number of hydrogen-bond acceptors (Lipinski definition) is 2. The standard InChI is InChI=1S/C21H14BrCl3F6N2OS/c22-14-5-10(1-3-12(14)19(34)32-8-17(35)33-9-20(26,27)28)2-4-13(21(29,30)31)11-6-15(23)18(25)16(24)7-11/h1-7,13H,8-9H2,(H,32,34)(H,33,35)/b4-2+. The van der Waals surface area contributed by atoms with Crippen LogP contribution in [-0.2, 0) is 0 Å². The van der Waals surface area contributed by atoms with Crippen LogP contribution in [0.1, 0.15) is 27.4 Å². The number of hydrogen-bond donors (Lipinski definition) is 2. The highest BCUT2D eigenvalue weighted by molar-refractivity contribution is 9.10. The first-order chi connectivity index (χ1) is 16.1. The van der Waals surface area contributed by atoms with Gasteiger partial charge < -0.3 is 10.6 Å². The Morgan fingerprint density at radius 2 is 1.63 bits per heavy atom. The summed E-state index contributed by atoms with van der Waals surface area (Å²) in [4.78, 5) is 12.1. The van der Waals surface area contributed by atoms with Gasteiger partial charge in [0.05, 0.1) is 38.1 Å². The third-order valence-corrected chi connectivity index (χ3v) is 6.47. The Labute approximate surface area is 224 Å². The molecule has 0 saturated heterocycles. The minimum Gasteiger partial charge on any atom is -0.369 e. The van der Waals surface area contributed by atoms with Gasteiger partial charge in [-0.1, -0.05) is 65.2 Å². The molecule has 0 saturated carbocycles. The van der Waals surface area contributed by atoms with E-state index in [9.17, 15) is 31.1 Å². The van der Waals surface area contributed by atoms with Crippen LogP contribution in [0.4, 0.5) is 26.3 Å². The van der Waals surface area contributed by atoms with Crippen LogP contribution >= 0.6 is 63.0 Å². The van der Waals surface area contributed by atoms with Gasteiger partial charge in [-0.15, -0.1) is 0 Å². The van der Waals surface area contributed by atoms with Gasteiger partial charge in [0.1, 0.15) is 6.54 Å². The SMILES string of the molecule is O=C(NCC(=S)NCC(F)(F)F)c1ccc(/C=C/C(c2cc(Cl)c(Cl)c(Cl)c2)C(F)(F)F)cc1Br. The van der Waals surface area contributed by atoms with Crippen LogP contribution in [0.3, 0.4) is 0 Å². The van der Waals surface area contributed by atoms with E-state index in [2.05, 4.69) is 21.2 Å². The number of amides is 1. The normalized spacial score (nSPS) is 13.1. The van der Waals surface area contributed by atoms with Crippen molar-refractivity contribution in [3.05, 3.63) is 72.6 Å². The van der Waals surface area contributed by atoms with Gasteiger partial charge in [0.15, 0.2) is 0 Å². The lowest BCUT2D eigenvalue weighted by Crippen LogP contribution is -2.39. The molecule has 0 bridgehead atoms. The Morgan fingerprint density at radius 1 is 1.03 bits per heavy atom. The Hall–Kier alpha value is -1.53. The third-order valence-electron chi connectivity index (χ3n) is 4.33. The van der Waals surface area contributed by atoms with E-state index in [-0.39, 0.29) is 42.2 Å². The number of nitrogens with one attached hydrogen (secondary N) is 2. The largest absolute Gasteiger partial charge is 0.405 e. The summed E-state index contributed by atoms with van der Waals surface area (Å²) in [7, 11) is 0. The average Bonchev–Trinajstić information content (AvgIpc) is 2.73. The summed E-state index contributed by atoms with van der Waals surface area (Å²) in [6.07, 6.45) is -7.01. The van der Waals surface area contributed by atoms with E-state index in [1.165, 1.54) is 24.3 Å². The van der Waals surface area contributed by atoms with Crippen molar-refractivity contribution in [2.24, 2.45) is 0 Å². The molecule has 2 N–H and O–H groups in total. The van der Waals surface area contributed by atoms with E-state index in [0.29, 0.717) is 5.56 Å². The molecule has 35 heavy (non-hydrogen) atoms. The van der Waals surface area contributed by atoms with Crippen molar-refractivity contribution in [2.45, 2.75) is 18.3 Å². The van der Waals surface area contributed by atoms with E-state index in [0.717, 1.165) is 18.2 Å². The molecule has 0 aliphatic heterocycles. The zero-order valence-electron chi connectivity index (χ0n) is 17.1. The molecule has 14 heteroatoms. The molecule has 0 radical (unpaired) electrons. The summed E-state index contributed by atoms with van der Waals surface area (Å²) in [6.45, 7) is -1.67. The van der Waals surface area contributed by atoms with Crippen molar-refractivity contribution in [3.63, 3.8) is 0 Å². The molecule has 190 valence electrons. The highest BCUT2D eigenvalue weighted by Gasteiger charge is 2.39. The van der Waals surface area contributed by atoms with E-state index >= 15 is 0 Å². The molecule has 0 aromatic heterocycles. The fraction of sp³-hybridized carbons (Fsp3) is 0.238. The van der Waals surface area contributed by atoms with E-state index in [1.807, 2.05) is 5.32 Å². The highest BCUT2D eigenvalue weighted by atomic mass is 79.9. The van der Waals surface area contributed by atoms with Crippen LogP contribution in [0.25, 0.3) is 6.08 Å². The minimum atomic E-state index is -4.66. The number of halogens is 10. The predicted octanol–water partition coefficient (Wildman–Crippen LogP) is 7.98. The van der Waals surface area contributed by atoms with E-state index in [1.54, 1.807) is 0 Å². The van der Waals surface area contributed by atoms with Gasteiger partial charge in [0, 0.05) is 4.47 Å². The summed E-state index contributed by atoms with van der Waals surface area (Å²) in [5.74, 6) is -2.69. The monoisotopic (exact) mass is 640 g/mol. The molecule has 0 fully saturated rings. The van der Waals surface area contributed by atoms with E-state index in [4.69, 9.17) is 47.0 Å². The zero-order valence-corrected chi connectivity index (χ0v) is 21.8. The van der Waals surface area contributed by atoms with Crippen molar-refractivity contribution >= 4 is 79.9 Å². The van der Waals surface area contributed by atoms with Crippen molar-refractivity contribution in [2.75, 3.05) is 13.1 Å². The average molecular weight is 643 g/mol. The Balaban J connectivity index is 2.15. The minimum absolute atomic E-state index is 0.0586. The first-order valence-electron chi connectivity index (χ1n) is 9.39. The van der Waals surface area contributed by atoms with Gasteiger partial charge in [-0.05, 0) is 51.3 Å². The van der Waals surface area contributed by atoms with Crippen LogP contribution in [0.15, 0.2) is 40.9 Å². The molecule has 2 aromatic carbocycles. The van der Waals surface area contributed by atoms with Gasteiger partial charge in [-0.25, -0.2) is 0 Å². The number of thiocarbonyl (C=S) groups is 1. The molecule has 1 amide bonds. The van der Waals surface area contributed by atoms with Crippen molar-refractivity contribution in [1.82, 2.24) is 10.6 Å². The lowest BCUT2D eigenvalue weighted by atomic mass is 9.97. The molecule has 3 nitrogen and oxygen atoms in total. The molecule has 0 aliphatic carbocycles. The van der Waals surface area contributed by atoms with Crippen molar-refractivity contribution in [3.8, 4) is 0 Å². The van der Waals surface area contributed by atoms with Gasteiger partial charge in [0.2, 0.25) is 0 Å². The smallest absolute Gasteiger partial charge is 0.369 e. The molecule has 1 unspecified atom stereocenters. The number of carbonyl (C=O) groups excluding carboxylic acids is 1. The fourth-order valence-corrected chi connectivity index (χ4v) is 4.04. The highest BCUT2D eigenvalue weighted by Crippen LogP contribution is 2.41. The number of carbonyl (C=O) groups is 1. The third kappa shape index (κ3) is 9.13. The van der Waals surface area contributed by atoms with Crippen LogP contribution in [0.2, 0.25) is 15.1 Å². The number of allylic oxidation sites excluding steroid dienone is 1.